The van der Waals surface area contributed by atoms with Gasteiger partial charge in [0.1, 0.15) is 5.76 Å². The lowest BCUT2D eigenvalue weighted by Gasteiger charge is -2.26. The molecule has 28 heavy (non-hydrogen) atoms. The zero-order valence-electron chi connectivity index (χ0n) is 16.7. The predicted octanol–water partition coefficient (Wildman–Crippen LogP) is 3.60. The topological polar surface area (TPSA) is 60.9 Å². The quantitative estimate of drug-likeness (QED) is 0.459. The lowest BCUT2D eigenvalue weighted by Crippen LogP contribution is -2.35. The van der Waals surface area contributed by atoms with Crippen molar-refractivity contribution < 1.29 is 14.7 Å². The van der Waals surface area contributed by atoms with Gasteiger partial charge in [-0.1, -0.05) is 31.2 Å². The summed E-state index contributed by atoms with van der Waals surface area (Å²) < 4.78 is 0. The van der Waals surface area contributed by atoms with Crippen molar-refractivity contribution in [3.8, 4) is 0 Å². The molecule has 1 atom stereocenters. The SMILES string of the molecule is CCc1ccc(/C(O)=C2/C(=O)C(=O)N(CCN(C)C)C2c2sccc2C)cc1. The highest BCUT2D eigenvalue weighted by molar-refractivity contribution is 7.10. The fourth-order valence-electron chi connectivity index (χ4n) is 3.41. The molecule has 0 bridgehead atoms. The third-order valence-electron chi connectivity index (χ3n) is 5.11. The summed E-state index contributed by atoms with van der Waals surface area (Å²) in [5.41, 5.74) is 2.90. The van der Waals surface area contributed by atoms with Crippen LogP contribution in [0.5, 0.6) is 0 Å². The minimum absolute atomic E-state index is 0.105. The lowest BCUT2D eigenvalue weighted by molar-refractivity contribution is -0.140. The van der Waals surface area contributed by atoms with E-state index in [0.717, 1.165) is 22.4 Å². The van der Waals surface area contributed by atoms with E-state index >= 15 is 0 Å². The zero-order chi connectivity index (χ0) is 20.4. The summed E-state index contributed by atoms with van der Waals surface area (Å²) >= 11 is 1.51. The minimum Gasteiger partial charge on any atom is -0.507 e. The Kier molecular flexibility index (Phi) is 6.01. The van der Waals surface area contributed by atoms with Gasteiger partial charge in [-0.2, -0.15) is 0 Å². The molecule has 6 heteroatoms. The maximum atomic E-state index is 12.9. The summed E-state index contributed by atoms with van der Waals surface area (Å²) in [4.78, 5) is 30.2. The molecule has 0 saturated carbocycles. The Balaban J connectivity index is 2.11. The van der Waals surface area contributed by atoms with Gasteiger partial charge in [0.15, 0.2) is 0 Å². The molecule has 3 rings (SSSR count). The number of carbonyl (C=O) groups excluding carboxylic acids is 2. The highest BCUT2D eigenvalue weighted by Gasteiger charge is 2.46. The minimum atomic E-state index is -0.617. The Morgan fingerprint density at radius 1 is 1.18 bits per heavy atom. The first-order valence-electron chi connectivity index (χ1n) is 9.41. The van der Waals surface area contributed by atoms with Gasteiger partial charge in [-0.3, -0.25) is 9.59 Å². The van der Waals surface area contributed by atoms with Crippen LogP contribution in [0.1, 0.15) is 34.5 Å². The van der Waals surface area contributed by atoms with Gasteiger partial charge in [-0.15, -0.1) is 11.3 Å². The summed E-state index contributed by atoms with van der Waals surface area (Å²) in [6, 6.07) is 8.90. The number of aliphatic hydroxyl groups is 1. The smallest absolute Gasteiger partial charge is 0.295 e. The molecule has 5 nitrogen and oxygen atoms in total. The number of aryl methyl sites for hydroxylation is 2. The Morgan fingerprint density at radius 3 is 2.39 bits per heavy atom. The number of hydrogen-bond acceptors (Lipinski definition) is 5. The molecule has 1 fully saturated rings. The van der Waals surface area contributed by atoms with E-state index in [0.29, 0.717) is 18.7 Å². The standard InChI is InChI=1S/C22H26N2O3S/c1-5-15-6-8-16(9-7-15)19(25)17-18(21-14(2)10-13-28-21)24(12-11-23(3)4)22(27)20(17)26/h6-10,13,18,25H,5,11-12H2,1-4H3/b19-17-. The Labute approximate surface area is 169 Å². The number of ketones is 1. The summed E-state index contributed by atoms with van der Waals surface area (Å²) in [6.07, 6.45) is 0.893. The van der Waals surface area contributed by atoms with Crippen molar-refractivity contribution >= 4 is 28.8 Å². The molecule has 0 radical (unpaired) electrons. The van der Waals surface area contributed by atoms with E-state index in [2.05, 4.69) is 6.92 Å². The van der Waals surface area contributed by atoms with Crippen LogP contribution in [0.3, 0.4) is 0 Å². The van der Waals surface area contributed by atoms with E-state index in [9.17, 15) is 14.7 Å². The second-order valence-corrected chi connectivity index (χ2v) is 8.26. The maximum absolute atomic E-state index is 12.9. The second kappa shape index (κ2) is 8.29. The largest absolute Gasteiger partial charge is 0.507 e. The number of amides is 1. The first-order chi connectivity index (χ1) is 13.3. The fourth-order valence-corrected chi connectivity index (χ4v) is 4.46. The van der Waals surface area contributed by atoms with E-state index in [-0.39, 0.29) is 11.3 Å². The number of aliphatic hydroxyl groups excluding tert-OH is 1. The molecular weight excluding hydrogens is 372 g/mol. The number of carbonyl (C=O) groups is 2. The molecule has 148 valence electrons. The third kappa shape index (κ3) is 3.75. The van der Waals surface area contributed by atoms with Crippen LogP contribution in [0, 0.1) is 6.92 Å². The number of likely N-dealkylation sites (tertiary alicyclic amines) is 1. The van der Waals surface area contributed by atoms with Crippen molar-refractivity contribution in [2.75, 3.05) is 27.2 Å². The Hall–Kier alpha value is -2.44. The fraction of sp³-hybridized carbons (Fsp3) is 0.364. The van der Waals surface area contributed by atoms with Crippen LogP contribution < -0.4 is 0 Å². The highest BCUT2D eigenvalue weighted by atomic mass is 32.1. The molecule has 1 aromatic heterocycles. The first kappa shape index (κ1) is 20.3. The molecule has 1 unspecified atom stereocenters. The van der Waals surface area contributed by atoms with E-state index in [1.54, 1.807) is 17.0 Å². The molecule has 1 N–H and O–H groups in total. The molecule has 2 heterocycles. The van der Waals surface area contributed by atoms with Gasteiger partial charge >= 0.3 is 0 Å². The summed E-state index contributed by atoms with van der Waals surface area (Å²) in [5.74, 6) is -1.27. The molecule has 2 aromatic rings. The third-order valence-corrected chi connectivity index (χ3v) is 6.19. The van der Waals surface area contributed by atoms with Crippen LogP contribution in [0.4, 0.5) is 0 Å². The number of rotatable bonds is 6. The summed E-state index contributed by atoms with van der Waals surface area (Å²) in [7, 11) is 3.86. The van der Waals surface area contributed by atoms with Crippen LogP contribution in [0.15, 0.2) is 41.3 Å². The van der Waals surface area contributed by atoms with Crippen molar-refractivity contribution in [1.82, 2.24) is 9.80 Å². The number of nitrogens with zero attached hydrogens (tertiary/aromatic N) is 2. The van der Waals surface area contributed by atoms with Crippen LogP contribution >= 0.6 is 11.3 Å². The Morgan fingerprint density at radius 2 is 1.86 bits per heavy atom. The van der Waals surface area contributed by atoms with Crippen molar-refractivity contribution in [2.45, 2.75) is 26.3 Å². The highest BCUT2D eigenvalue weighted by Crippen LogP contribution is 2.42. The molecule has 1 aliphatic heterocycles. The number of hydrogen-bond donors (Lipinski definition) is 1. The summed E-state index contributed by atoms with van der Waals surface area (Å²) in [6.45, 7) is 5.09. The van der Waals surface area contributed by atoms with E-state index < -0.39 is 17.7 Å². The molecule has 1 saturated heterocycles. The summed E-state index contributed by atoms with van der Waals surface area (Å²) in [5, 5.41) is 13.0. The molecule has 1 aromatic carbocycles. The van der Waals surface area contributed by atoms with E-state index in [1.165, 1.54) is 11.3 Å². The number of likely N-dealkylation sites (N-methyl/N-ethyl adjacent to an activating group) is 1. The number of thiophene rings is 1. The van der Waals surface area contributed by atoms with Gasteiger partial charge in [-0.25, -0.2) is 0 Å². The molecule has 1 aliphatic rings. The molecule has 0 spiro atoms. The predicted molar refractivity (Wildman–Crippen MR) is 112 cm³/mol. The molecule has 0 aliphatic carbocycles. The first-order valence-corrected chi connectivity index (χ1v) is 10.3. The number of benzene rings is 1. The molecule has 1 amide bonds. The second-order valence-electron chi connectivity index (χ2n) is 7.31. The average molecular weight is 399 g/mol. The van der Waals surface area contributed by atoms with E-state index in [4.69, 9.17) is 0 Å². The van der Waals surface area contributed by atoms with Gasteiger partial charge in [0, 0.05) is 23.5 Å². The van der Waals surface area contributed by atoms with Crippen molar-refractivity contribution in [1.29, 1.82) is 0 Å². The van der Waals surface area contributed by atoms with Crippen LogP contribution in [0.25, 0.3) is 5.76 Å². The lowest BCUT2D eigenvalue weighted by atomic mass is 9.97. The Bertz CT molecular complexity index is 912. The zero-order valence-corrected chi connectivity index (χ0v) is 17.5. The van der Waals surface area contributed by atoms with Crippen molar-refractivity contribution in [3.05, 3.63) is 62.9 Å². The van der Waals surface area contributed by atoms with Gasteiger partial charge < -0.3 is 14.9 Å². The maximum Gasteiger partial charge on any atom is 0.295 e. The molecular formula is C22H26N2O3S. The van der Waals surface area contributed by atoms with Crippen molar-refractivity contribution in [2.24, 2.45) is 0 Å². The normalized spacial score (nSPS) is 19.0. The van der Waals surface area contributed by atoms with Gasteiger partial charge in [0.25, 0.3) is 11.7 Å². The van der Waals surface area contributed by atoms with Crippen molar-refractivity contribution in [3.63, 3.8) is 0 Å². The van der Waals surface area contributed by atoms with Crippen LogP contribution in [0.2, 0.25) is 0 Å². The van der Waals surface area contributed by atoms with Gasteiger partial charge in [-0.05, 0) is 50.0 Å². The van der Waals surface area contributed by atoms with Gasteiger partial charge in [0.05, 0.1) is 11.6 Å². The van der Waals surface area contributed by atoms with E-state index in [1.807, 2.05) is 49.5 Å². The van der Waals surface area contributed by atoms with Crippen LogP contribution in [-0.2, 0) is 16.0 Å². The van der Waals surface area contributed by atoms with Gasteiger partial charge in [0.2, 0.25) is 0 Å². The average Bonchev–Trinajstić information content (AvgIpc) is 3.21. The monoisotopic (exact) mass is 398 g/mol. The van der Waals surface area contributed by atoms with Crippen LogP contribution in [-0.4, -0.2) is 53.8 Å². The number of Topliss-reactive ketones (excluding diaryl/α,β-unsaturated/α-hetero) is 1.